The predicted octanol–water partition coefficient (Wildman–Crippen LogP) is 2.97. The van der Waals surface area contributed by atoms with Crippen LogP contribution in [0.1, 0.15) is 5.56 Å². The molecular formula is C14H14F3N3O2S. The molecule has 2 rings (SSSR count). The molecule has 5 nitrogen and oxygen atoms in total. The summed E-state index contributed by atoms with van der Waals surface area (Å²) in [6, 6.07) is 6.98. The van der Waals surface area contributed by atoms with Crippen LogP contribution in [-0.2, 0) is 16.2 Å². The number of anilines is 2. The third kappa shape index (κ3) is 3.92. The van der Waals surface area contributed by atoms with Gasteiger partial charge in [-0.05, 0) is 24.3 Å². The van der Waals surface area contributed by atoms with Gasteiger partial charge in [-0.25, -0.2) is 13.4 Å². The first kappa shape index (κ1) is 17.1. The van der Waals surface area contributed by atoms with Crippen LogP contribution >= 0.6 is 0 Å². The van der Waals surface area contributed by atoms with E-state index in [1.54, 1.807) is 25.1 Å². The Hall–Kier alpha value is -2.29. The van der Waals surface area contributed by atoms with Crippen molar-refractivity contribution in [3.05, 3.63) is 48.2 Å². The van der Waals surface area contributed by atoms with E-state index in [9.17, 15) is 21.6 Å². The number of aromatic nitrogens is 1. The van der Waals surface area contributed by atoms with Gasteiger partial charge >= 0.3 is 6.18 Å². The van der Waals surface area contributed by atoms with Gasteiger partial charge in [0.25, 0.3) is 10.0 Å². The van der Waals surface area contributed by atoms with Crippen LogP contribution in [0.25, 0.3) is 0 Å². The molecule has 0 atom stereocenters. The summed E-state index contributed by atoms with van der Waals surface area (Å²) in [5.74, 6) is 0.587. The van der Waals surface area contributed by atoms with Crippen molar-refractivity contribution in [2.75, 3.05) is 23.7 Å². The van der Waals surface area contributed by atoms with Crippen molar-refractivity contribution in [2.45, 2.75) is 11.1 Å². The fourth-order valence-corrected chi connectivity index (χ4v) is 3.13. The third-order valence-electron chi connectivity index (χ3n) is 2.94. The summed E-state index contributed by atoms with van der Waals surface area (Å²) >= 11 is 0. The molecule has 0 aliphatic heterocycles. The van der Waals surface area contributed by atoms with Gasteiger partial charge in [-0.2, -0.15) is 13.2 Å². The van der Waals surface area contributed by atoms with Gasteiger partial charge in [-0.3, -0.25) is 4.72 Å². The summed E-state index contributed by atoms with van der Waals surface area (Å²) in [6.45, 7) is 0. The van der Waals surface area contributed by atoms with Crippen LogP contribution in [0.15, 0.2) is 47.5 Å². The van der Waals surface area contributed by atoms with Crippen molar-refractivity contribution in [1.82, 2.24) is 4.98 Å². The van der Waals surface area contributed by atoms with E-state index in [1.165, 1.54) is 18.3 Å². The zero-order valence-electron chi connectivity index (χ0n) is 12.3. The highest BCUT2D eigenvalue weighted by Gasteiger charge is 2.36. The number of halogens is 3. The van der Waals surface area contributed by atoms with E-state index < -0.39 is 26.7 Å². The van der Waals surface area contributed by atoms with Crippen molar-refractivity contribution in [3.8, 4) is 0 Å². The molecule has 1 aromatic heterocycles. The molecule has 0 saturated heterocycles. The molecule has 23 heavy (non-hydrogen) atoms. The van der Waals surface area contributed by atoms with Crippen molar-refractivity contribution in [3.63, 3.8) is 0 Å². The second-order valence-electron chi connectivity index (χ2n) is 4.90. The van der Waals surface area contributed by atoms with Crippen molar-refractivity contribution >= 4 is 21.5 Å². The Morgan fingerprint density at radius 3 is 2.26 bits per heavy atom. The number of hydrogen-bond acceptors (Lipinski definition) is 4. The van der Waals surface area contributed by atoms with Gasteiger partial charge in [0.15, 0.2) is 0 Å². The van der Waals surface area contributed by atoms with Gasteiger partial charge in [-0.1, -0.05) is 12.1 Å². The first-order valence-electron chi connectivity index (χ1n) is 6.44. The van der Waals surface area contributed by atoms with Crippen LogP contribution in [0.2, 0.25) is 0 Å². The molecule has 2 aromatic rings. The minimum absolute atomic E-state index is 0.0765. The minimum atomic E-state index is -4.77. The number of pyridine rings is 1. The Kier molecular flexibility index (Phi) is 4.51. The van der Waals surface area contributed by atoms with E-state index in [0.29, 0.717) is 5.82 Å². The molecule has 9 heteroatoms. The van der Waals surface area contributed by atoms with E-state index in [4.69, 9.17) is 0 Å². The second-order valence-corrected chi connectivity index (χ2v) is 6.55. The zero-order chi connectivity index (χ0) is 17.3. The average Bonchev–Trinajstić information content (AvgIpc) is 2.46. The Balaban J connectivity index is 2.37. The fraction of sp³-hybridized carbons (Fsp3) is 0.214. The van der Waals surface area contributed by atoms with Crippen LogP contribution in [0.5, 0.6) is 0 Å². The summed E-state index contributed by atoms with van der Waals surface area (Å²) in [5.41, 5.74) is -1.14. The Morgan fingerprint density at radius 1 is 1.09 bits per heavy atom. The Morgan fingerprint density at radius 2 is 1.74 bits per heavy atom. The highest BCUT2D eigenvalue weighted by Crippen LogP contribution is 2.34. The van der Waals surface area contributed by atoms with E-state index in [1.807, 2.05) is 0 Å². The van der Waals surface area contributed by atoms with Gasteiger partial charge in [0.2, 0.25) is 0 Å². The lowest BCUT2D eigenvalue weighted by Gasteiger charge is -2.15. The van der Waals surface area contributed by atoms with Gasteiger partial charge in [0, 0.05) is 14.1 Å². The molecule has 0 radical (unpaired) electrons. The first-order chi connectivity index (χ1) is 10.6. The molecule has 124 valence electrons. The largest absolute Gasteiger partial charge is 0.417 e. The lowest BCUT2D eigenvalue weighted by molar-refractivity contribution is -0.139. The van der Waals surface area contributed by atoms with Gasteiger partial charge in [-0.15, -0.1) is 0 Å². The van der Waals surface area contributed by atoms with E-state index >= 15 is 0 Å². The molecule has 0 aliphatic carbocycles. The number of rotatable bonds is 4. The summed E-state index contributed by atoms with van der Waals surface area (Å²) in [5, 5.41) is 0. The van der Waals surface area contributed by atoms with E-state index in [0.717, 1.165) is 18.2 Å². The van der Waals surface area contributed by atoms with Crippen molar-refractivity contribution < 1.29 is 21.6 Å². The molecule has 1 N–H and O–H groups in total. The summed E-state index contributed by atoms with van der Waals surface area (Å²) in [6.07, 6.45) is -3.53. The molecule has 1 heterocycles. The van der Waals surface area contributed by atoms with Crippen LogP contribution in [-0.4, -0.2) is 27.5 Å². The molecule has 1 aromatic carbocycles. The molecule has 0 bridgehead atoms. The topological polar surface area (TPSA) is 62.3 Å². The maximum Gasteiger partial charge on any atom is 0.417 e. The van der Waals surface area contributed by atoms with Gasteiger partial charge in [0.05, 0.1) is 22.3 Å². The Labute approximate surface area is 131 Å². The maximum atomic E-state index is 12.9. The SMILES string of the molecule is CN(C)c1ccc(NS(=O)(=O)c2ccccc2C(F)(F)F)cn1. The highest BCUT2D eigenvalue weighted by atomic mass is 32.2. The quantitative estimate of drug-likeness (QED) is 0.925. The monoisotopic (exact) mass is 345 g/mol. The molecule has 0 unspecified atom stereocenters. The lowest BCUT2D eigenvalue weighted by Crippen LogP contribution is -2.19. The second kappa shape index (κ2) is 6.07. The van der Waals surface area contributed by atoms with Crippen LogP contribution in [0.3, 0.4) is 0 Å². The summed E-state index contributed by atoms with van der Waals surface area (Å²) < 4.78 is 65.4. The number of sulfonamides is 1. The number of alkyl halides is 3. The van der Waals surface area contributed by atoms with E-state index in [-0.39, 0.29) is 5.69 Å². The van der Waals surface area contributed by atoms with Crippen LogP contribution < -0.4 is 9.62 Å². The molecule has 0 fully saturated rings. The molecule has 0 saturated carbocycles. The summed E-state index contributed by atoms with van der Waals surface area (Å²) in [7, 11) is -0.872. The van der Waals surface area contributed by atoms with Crippen LogP contribution in [0, 0.1) is 0 Å². The van der Waals surface area contributed by atoms with Gasteiger partial charge in [0.1, 0.15) is 5.82 Å². The lowest BCUT2D eigenvalue weighted by atomic mass is 10.2. The highest BCUT2D eigenvalue weighted by molar-refractivity contribution is 7.92. The fourth-order valence-electron chi connectivity index (χ4n) is 1.86. The zero-order valence-corrected chi connectivity index (χ0v) is 13.1. The molecular weight excluding hydrogens is 331 g/mol. The molecule has 0 aliphatic rings. The standard InChI is InChI=1S/C14H14F3N3O2S/c1-20(2)13-8-7-10(9-18-13)19-23(21,22)12-6-4-3-5-11(12)14(15,16)17/h3-9,19H,1-2H3. The first-order valence-corrected chi connectivity index (χ1v) is 7.92. The predicted molar refractivity (Wildman–Crippen MR) is 80.8 cm³/mol. The number of nitrogens with one attached hydrogen (secondary N) is 1. The van der Waals surface area contributed by atoms with Crippen molar-refractivity contribution in [1.29, 1.82) is 0 Å². The molecule has 0 amide bonds. The number of benzene rings is 1. The normalized spacial score (nSPS) is 12.0. The maximum absolute atomic E-state index is 12.9. The number of nitrogens with zero attached hydrogens (tertiary/aromatic N) is 2. The summed E-state index contributed by atoms with van der Waals surface area (Å²) in [4.78, 5) is 4.88. The van der Waals surface area contributed by atoms with Gasteiger partial charge < -0.3 is 4.90 Å². The minimum Gasteiger partial charge on any atom is -0.363 e. The van der Waals surface area contributed by atoms with E-state index in [2.05, 4.69) is 9.71 Å². The Bertz CT molecular complexity index is 788. The molecule has 0 spiro atoms. The third-order valence-corrected chi connectivity index (χ3v) is 4.38. The average molecular weight is 345 g/mol. The van der Waals surface area contributed by atoms with Crippen molar-refractivity contribution in [2.24, 2.45) is 0 Å². The van der Waals surface area contributed by atoms with Crippen LogP contribution in [0.4, 0.5) is 24.7 Å². The smallest absolute Gasteiger partial charge is 0.363 e. The number of hydrogen-bond donors (Lipinski definition) is 1.